The van der Waals surface area contributed by atoms with E-state index in [1.165, 1.54) is 0 Å². The van der Waals surface area contributed by atoms with Crippen molar-refractivity contribution >= 4 is 69.9 Å². The number of pyridine rings is 1. The SMILES string of the molecule is Cc1c(/C=C/CN2CCP(C)(=O)CC2)[nH]c(=O)c2c1ccc1nc(Nc3c(Cl)cccc3Cl)n(C)c12. The van der Waals surface area contributed by atoms with Crippen LogP contribution in [0.3, 0.4) is 0 Å². The Morgan fingerprint density at radius 1 is 1.17 bits per heavy atom. The number of aromatic amines is 1. The number of anilines is 2. The molecule has 0 amide bonds. The zero-order valence-electron chi connectivity index (χ0n) is 20.4. The molecule has 2 aromatic heterocycles. The van der Waals surface area contributed by atoms with Crippen molar-refractivity contribution in [2.24, 2.45) is 7.05 Å². The number of nitrogens with zero attached hydrogens (tertiary/aromatic N) is 3. The van der Waals surface area contributed by atoms with Gasteiger partial charge in [-0.25, -0.2) is 4.98 Å². The lowest BCUT2D eigenvalue weighted by Gasteiger charge is -2.29. The van der Waals surface area contributed by atoms with E-state index in [2.05, 4.69) is 26.3 Å². The van der Waals surface area contributed by atoms with Crippen LogP contribution in [-0.4, -0.2) is 58.1 Å². The number of fused-ring (bicyclic) bond motifs is 3. The highest BCUT2D eigenvalue weighted by Gasteiger charge is 2.23. The monoisotopic (exact) mass is 543 g/mol. The van der Waals surface area contributed by atoms with Crippen molar-refractivity contribution in [1.29, 1.82) is 0 Å². The fourth-order valence-electron chi connectivity index (χ4n) is 4.71. The van der Waals surface area contributed by atoms with Gasteiger partial charge in [-0.05, 0) is 48.8 Å². The molecule has 1 aliphatic rings. The molecule has 10 heteroatoms. The number of para-hydroxylation sites is 1. The molecule has 3 heterocycles. The number of aryl methyl sites for hydroxylation is 2. The molecule has 1 saturated heterocycles. The molecule has 0 radical (unpaired) electrons. The Morgan fingerprint density at radius 3 is 2.56 bits per heavy atom. The molecule has 0 saturated carbocycles. The molecule has 4 aromatic rings. The first kappa shape index (κ1) is 25.1. The Morgan fingerprint density at radius 2 is 1.86 bits per heavy atom. The Labute approximate surface area is 219 Å². The van der Waals surface area contributed by atoms with E-state index in [0.29, 0.717) is 32.6 Å². The number of rotatable bonds is 5. The van der Waals surface area contributed by atoms with Gasteiger partial charge in [-0.1, -0.05) is 41.4 Å². The van der Waals surface area contributed by atoms with Crippen molar-refractivity contribution in [3.63, 3.8) is 0 Å². The highest BCUT2D eigenvalue weighted by atomic mass is 35.5. The minimum absolute atomic E-state index is 0.170. The van der Waals surface area contributed by atoms with Gasteiger partial charge < -0.3 is 19.4 Å². The minimum Gasteiger partial charge on any atom is -0.324 e. The van der Waals surface area contributed by atoms with Crippen LogP contribution in [0.4, 0.5) is 11.6 Å². The van der Waals surface area contributed by atoms with E-state index in [-0.39, 0.29) is 5.56 Å². The van der Waals surface area contributed by atoms with Crippen LogP contribution in [0, 0.1) is 6.92 Å². The van der Waals surface area contributed by atoms with Gasteiger partial charge in [-0.3, -0.25) is 9.69 Å². The second-order valence-electron chi connectivity index (χ2n) is 9.51. The Bertz CT molecular complexity index is 1590. The summed E-state index contributed by atoms with van der Waals surface area (Å²) in [6.07, 6.45) is 5.57. The molecule has 2 N–H and O–H groups in total. The van der Waals surface area contributed by atoms with Crippen molar-refractivity contribution in [3.05, 3.63) is 68.1 Å². The molecule has 0 aliphatic carbocycles. The van der Waals surface area contributed by atoms with Crippen molar-refractivity contribution in [1.82, 2.24) is 19.4 Å². The molecule has 0 bridgehead atoms. The highest BCUT2D eigenvalue weighted by molar-refractivity contribution is 7.63. The quantitative estimate of drug-likeness (QED) is 0.297. The lowest BCUT2D eigenvalue weighted by Crippen LogP contribution is -2.34. The fourth-order valence-corrected chi connectivity index (χ4v) is 6.84. The summed E-state index contributed by atoms with van der Waals surface area (Å²) in [6.45, 7) is 6.36. The first-order valence-corrected chi connectivity index (χ1v) is 15.1. The number of hydrogen-bond acceptors (Lipinski definition) is 5. The second-order valence-corrected chi connectivity index (χ2v) is 13.8. The normalized spacial score (nSPS) is 16.4. The van der Waals surface area contributed by atoms with E-state index in [0.717, 1.165) is 54.1 Å². The number of hydrogen-bond donors (Lipinski definition) is 2. The average molecular weight is 544 g/mol. The van der Waals surface area contributed by atoms with Gasteiger partial charge in [0.25, 0.3) is 5.56 Å². The molecule has 2 aromatic carbocycles. The molecule has 1 aliphatic heterocycles. The van der Waals surface area contributed by atoms with Gasteiger partial charge in [0.15, 0.2) is 0 Å². The lowest BCUT2D eigenvalue weighted by atomic mass is 10.0. The van der Waals surface area contributed by atoms with Crippen molar-refractivity contribution in [3.8, 4) is 0 Å². The number of aromatic nitrogens is 3. The van der Waals surface area contributed by atoms with Gasteiger partial charge in [-0.15, -0.1) is 0 Å². The molecule has 0 spiro atoms. The molecular formula is C26H28Cl2N5O2P. The van der Waals surface area contributed by atoms with E-state index in [4.69, 9.17) is 23.2 Å². The van der Waals surface area contributed by atoms with Gasteiger partial charge >= 0.3 is 0 Å². The Hall–Kier alpha value is -2.57. The first-order valence-electron chi connectivity index (χ1n) is 11.8. The van der Waals surface area contributed by atoms with Gasteiger partial charge in [0.05, 0.1) is 39.3 Å². The maximum atomic E-state index is 13.3. The van der Waals surface area contributed by atoms with Crippen molar-refractivity contribution in [2.45, 2.75) is 6.92 Å². The topological polar surface area (TPSA) is 83.0 Å². The lowest BCUT2D eigenvalue weighted by molar-refractivity contribution is 0.327. The van der Waals surface area contributed by atoms with E-state index in [9.17, 15) is 9.36 Å². The number of benzene rings is 2. The van der Waals surface area contributed by atoms with Crippen molar-refractivity contribution in [2.75, 3.05) is 43.9 Å². The summed E-state index contributed by atoms with van der Waals surface area (Å²) in [5.74, 6) is 0.534. The molecule has 5 rings (SSSR count). The third kappa shape index (κ3) is 4.73. The summed E-state index contributed by atoms with van der Waals surface area (Å²) in [5.41, 5.74) is 3.60. The average Bonchev–Trinajstić information content (AvgIpc) is 3.15. The third-order valence-electron chi connectivity index (χ3n) is 6.95. The predicted octanol–water partition coefficient (Wildman–Crippen LogP) is 6.10. The van der Waals surface area contributed by atoms with Crippen LogP contribution < -0.4 is 10.9 Å². The van der Waals surface area contributed by atoms with Crippen LogP contribution in [0.2, 0.25) is 10.0 Å². The number of imidazole rings is 1. The van der Waals surface area contributed by atoms with Crippen LogP contribution in [0.25, 0.3) is 27.9 Å². The molecule has 0 atom stereocenters. The number of halogens is 2. The van der Waals surface area contributed by atoms with Gasteiger partial charge in [0.2, 0.25) is 5.95 Å². The highest BCUT2D eigenvalue weighted by Crippen LogP contribution is 2.42. The summed E-state index contributed by atoms with van der Waals surface area (Å²) in [4.78, 5) is 23.3. The van der Waals surface area contributed by atoms with Crippen LogP contribution in [0.15, 0.2) is 41.2 Å². The summed E-state index contributed by atoms with van der Waals surface area (Å²) < 4.78 is 14.1. The standard InChI is InChI=1S/C26H28Cl2N5O2P/c1-16-17-9-10-21-24(32(2)26(30-21)31-23-18(27)6-4-7-19(23)28)22(17)25(34)29-20(16)8-5-11-33-12-14-36(3,35)15-13-33/h4-10H,11-15H2,1-3H3,(H,29,34)(H,30,31)/b8-5+. The number of H-pyrrole nitrogens is 1. The molecule has 0 unspecified atom stereocenters. The second kappa shape index (κ2) is 9.71. The van der Waals surface area contributed by atoms with Crippen LogP contribution in [-0.2, 0) is 11.6 Å². The maximum Gasteiger partial charge on any atom is 0.258 e. The van der Waals surface area contributed by atoms with Gasteiger partial charge in [0.1, 0.15) is 0 Å². The van der Waals surface area contributed by atoms with Crippen LogP contribution in [0.5, 0.6) is 0 Å². The van der Waals surface area contributed by atoms with E-state index >= 15 is 0 Å². The van der Waals surface area contributed by atoms with Crippen molar-refractivity contribution < 1.29 is 4.57 Å². The smallest absolute Gasteiger partial charge is 0.258 e. The molecule has 1 fully saturated rings. The van der Waals surface area contributed by atoms with Gasteiger partial charge in [-0.2, -0.15) is 0 Å². The largest absolute Gasteiger partial charge is 0.324 e. The van der Waals surface area contributed by atoms with Crippen LogP contribution >= 0.6 is 30.3 Å². The summed E-state index contributed by atoms with van der Waals surface area (Å²) in [6, 6.07) is 9.16. The molecule has 188 valence electrons. The molecule has 7 nitrogen and oxygen atoms in total. The Kier molecular flexibility index (Phi) is 6.77. The minimum atomic E-state index is -1.94. The van der Waals surface area contributed by atoms with Crippen LogP contribution in [0.1, 0.15) is 11.3 Å². The molecular weight excluding hydrogens is 516 g/mol. The number of nitrogens with one attached hydrogen (secondary N) is 2. The van der Waals surface area contributed by atoms with E-state index < -0.39 is 7.14 Å². The Balaban J connectivity index is 1.49. The van der Waals surface area contributed by atoms with E-state index in [1.807, 2.05) is 43.4 Å². The summed E-state index contributed by atoms with van der Waals surface area (Å²) >= 11 is 12.7. The third-order valence-corrected chi connectivity index (χ3v) is 9.87. The fraction of sp³-hybridized carbons (Fsp3) is 0.308. The zero-order valence-corrected chi connectivity index (χ0v) is 22.8. The summed E-state index contributed by atoms with van der Waals surface area (Å²) in [7, 11) is -0.0823. The molecule has 36 heavy (non-hydrogen) atoms. The predicted molar refractivity (Wildman–Crippen MR) is 152 cm³/mol. The summed E-state index contributed by atoms with van der Waals surface area (Å²) in [5, 5.41) is 5.65. The zero-order chi connectivity index (χ0) is 25.6. The van der Waals surface area contributed by atoms with E-state index in [1.54, 1.807) is 18.2 Å². The maximum absolute atomic E-state index is 13.3. The van der Waals surface area contributed by atoms with Gasteiger partial charge in [0, 0.05) is 44.7 Å². The first-order chi connectivity index (χ1) is 17.1.